The van der Waals surface area contributed by atoms with E-state index in [1.165, 1.54) is 23.5 Å². The molecule has 33 heavy (non-hydrogen) atoms. The molecule has 174 valence electrons. The number of benzene rings is 2. The Balaban J connectivity index is 1.83. The van der Waals surface area contributed by atoms with Gasteiger partial charge in [0.15, 0.2) is 6.61 Å². The first-order valence-corrected chi connectivity index (χ1v) is 11.2. The summed E-state index contributed by atoms with van der Waals surface area (Å²) in [5, 5.41) is 9.11. The Kier molecular flexibility index (Phi) is 7.58. The Morgan fingerprint density at radius 1 is 1.21 bits per heavy atom. The van der Waals surface area contributed by atoms with Crippen molar-refractivity contribution in [2.75, 3.05) is 6.61 Å². The molecule has 0 bridgehead atoms. The van der Waals surface area contributed by atoms with Crippen molar-refractivity contribution in [3.63, 3.8) is 0 Å². The number of hydrogen-bond acceptors (Lipinski definition) is 4. The molecule has 0 aliphatic carbocycles. The quantitative estimate of drug-likeness (QED) is 0.382. The maximum Gasteiger partial charge on any atom is 0.417 e. The Morgan fingerprint density at radius 2 is 1.94 bits per heavy atom. The van der Waals surface area contributed by atoms with Crippen molar-refractivity contribution in [2.24, 2.45) is 0 Å². The Morgan fingerprint density at radius 3 is 2.58 bits per heavy atom. The molecular weight excluding hydrogens is 451 g/mol. The van der Waals surface area contributed by atoms with E-state index in [-0.39, 0.29) is 11.5 Å². The maximum atomic E-state index is 13.5. The van der Waals surface area contributed by atoms with Crippen molar-refractivity contribution in [1.29, 1.82) is 0 Å². The van der Waals surface area contributed by atoms with E-state index in [4.69, 9.17) is 9.84 Å². The normalized spacial score (nSPS) is 12.0. The number of rotatable bonds is 8. The number of carboxylic acids is 1. The van der Waals surface area contributed by atoms with Crippen LogP contribution in [0.25, 0.3) is 16.6 Å². The summed E-state index contributed by atoms with van der Waals surface area (Å²) in [6.45, 7) is 5.37. The number of halogens is 3. The highest BCUT2D eigenvalue weighted by molar-refractivity contribution is 7.15. The third kappa shape index (κ3) is 6.22. The van der Waals surface area contributed by atoms with Gasteiger partial charge in [-0.3, -0.25) is 0 Å². The standard InChI is InChI=1S/C25H24F3NO3S/c1-15(2)23-21(33-24(29-23)18-8-4-5-9-19(18)25(26,27)28)10-6-7-17-11-12-20(16(3)13-17)32-14-22(30)31/h4-9,11-13,15H,10,14H2,1-3H3,(H,30,31). The van der Waals surface area contributed by atoms with Gasteiger partial charge in [-0.05, 0) is 42.2 Å². The molecule has 0 aliphatic rings. The topological polar surface area (TPSA) is 59.4 Å². The summed E-state index contributed by atoms with van der Waals surface area (Å²) in [6.07, 6.45) is -0.0409. The highest BCUT2D eigenvalue weighted by Gasteiger charge is 2.34. The molecule has 0 fully saturated rings. The van der Waals surface area contributed by atoms with Crippen molar-refractivity contribution >= 4 is 23.4 Å². The molecular formula is C25H24F3NO3S. The van der Waals surface area contributed by atoms with Crippen LogP contribution < -0.4 is 4.74 Å². The van der Waals surface area contributed by atoms with E-state index in [0.29, 0.717) is 17.2 Å². The molecule has 0 saturated carbocycles. The lowest BCUT2D eigenvalue weighted by molar-refractivity contribution is -0.139. The molecule has 8 heteroatoms. The van der Waals surface area contributed by atoms with Crippen LogP contribution >= 0.6 is 11.3 Å². The third-order valence-corrected chi connectivity index (χ3v) is 6.03. The molecule has 0 aliphatic heterocycles. The average molecular weight is 476 g/mol. The molecule has 3 aromatic rings. The fourth-order valence-electron chi connectivity index (χ4n) is 3.37. The van der Waals surface area contributed by atoms with Crippen molar-refractivity contribution in [1.82, 2.24) is 4.98 Å². The molecule has 0 radical (unpaired) electrons. The lowest BCUT2D eigenvalue weighted by atomic mass is 10.1. The highest BCUT2D eigenvalue weighted by atomic mass is 32.1. The lowest BCUT2D eigenvalue weighted by Gasteiger charge is -2.10. The predicted molar refractivity (Wildman–Crippen MR) is 124 cm³/mol. The average Bonchev–Trinajstić information content (AvgIpc) is 3.17. The number of alkyl halides is 3. The minimum atomic E-state index is -4.45. The molecule has 0 atom stereocenters. The van der Waals surface area contributed by atoms with Crippen LogP contribution in [0.5, 0.6) is 5.75 Å². The Labute approximate surface area is 194 Å². The van der Waals surface area contributed by atoms with Crippen molar-refractivity contribution in [3.8, 4) is 16.3 Å². The molecule has 3 rings (SSSR count). The first kappa shape index (κ1) is 24.5. The first-order chi connectivity index (χ1) is 15.6. The Bertz CT molecular complexity index is 1170. The van der Waals surface area contributed by atoms with Crippen LogP contribution in [0, 0.1) is 6.92 Å². The highest BCUT2D eigenvalue weighted by Crippen LogP contribution is 2.40. The summed E-state index contributed by atoms with van der Waals surface area (Å²) in [7, 11) is 0. The lowest BCUT2D eigenvalue weighted by Crippen LogP contribution is -2.10. The minimum absolute atomic E-state index is 0.0735. The van der Waals surface area contributed by atoms with E-state index in [9.17, 15) is 18.0 Å². The number of aryl methyl sites for hydroxylation is 1. The number of aromatic nitrogens is 1. The van der Waals surface area contributed by atoms with Crippen LogP contribution in [0.3, 0.4) is 0 Å². The summed E-state index contributed by atoms with van der Waals surface area (Å²) in [5.74, 6) is -0.461. The van der Waals surface area contributed by atoms with Gasteiger partial charge >= 0.3 is 12.1 Å². The molecule has 0 unspecified atom stereocenters. The Hall–Kier alpha value is -3.13. The number of carboxylic acid groups (broad SMARTS) is 1. The van der Waals surface area contributed by atoms with Gasteiger partial charge in [-0.2, -0.15) is 13.2 Å². The van der Waals surface area contributed by atoms with E-state index in [1.807, 2.05) is 45.1 Å². The van der Waals surface area contributed by atoms with Gasteiger partial charge in [-0.25, -0.2) is 9.78 Å². The number of allylic oxidation sites excluding steroid dienone is 1. The zero-order valence-corrected chi connectivity index (χ0v) is 19.3. The number of nitrogens with zero attached hydrogens (tertiary/aromatic N) is 1. The summed E-state index contributed by atoms with van der Waals surface area (Å²) in [5.41, 5.74) is 1.93. The van der Waals surface area contributed by atoms with Crippen LogP contribution in [-0.4, -0.2) is 22.7 Å². The van der Waals surface area contributed by atoms with Crippen LogP contribution in [0.4, 0.5) is 13.2 Å². The maximum absolute atomic E-state index is 13.5. The zero-order valence-electron chi connectivity index (χ0n) is 18.4. The molecule has 0 amide bonds. The summed E-state index contributed by atoms with van der Waals surface area (Å²) >= 11 is 1.28. The van der Waals surface area contributed by atoms with Gasteiger partial charge in [0.1, 0.15) is 10.8 Å². The van der Waals surface area contributed by atoms with Gasteiger partial charge in [-0.15, -0.1) is 11.3 Å². The minimum Gasteiger partial charge on any atom is -0.482 e. The molecule has 0 saturated heterocycles. The molecule has 4 nitrogen and oxygen atoms in total. The van der Waals surface area contributed by atoms with E-state index >= 15 is 0 Å². The number of thiazole rings is 1. The van der Waals surface area contributed by atoms with Crippen LogP contribution in [-0.2, 0) is 17.4 Å². The molecule has 1 aromatic heterocycles. The summed E-state index contributed by atoms with van der Waals surface area (Å²) in [4.78, 5) is 16.1. The smallest absolute Gasteiger partial charge is 0.417 e. The third-order valence-electron chi connectivity index (χ3n) is 4.90. The number of ether oxygens (including phenoxy) is 1. The van der Waals surface area contributed by atoms with Crippen molar-refractivity contribution < 1.29 is 27.8 Å². The number of hydrogen-bond donors (Lipinski definition) is 1. The van der Waals surface area contributed by atoms with Gasteiger partial charge in [0.2, 0.25) is 0 Å². The van der Waals surface area contributed by atoms with Crippen LogP contribution in [0.1, 0.15) is 47.0 Å². The zero-order chi connectivity index (χ0) is 24.2. The van der Waals surface area contributed by atoms with Gasteiger partial charge in [0.05, 0.1) is 11.3 Å². The van der Waals surface area contributed by atoms with Gasteiger partial charge in [0.25, 0.3) is 0 Å². The fraction of sp³-hybridized carbons (Fsp3) is 0.280. The predicted octanol–water partition coefficient (Wildman–Crippen LogP) is 6.98. The first-order valence-electron chi connectivity index (χ1n) is 10.3. The summed E-state index contributed by atoms with van der Waals surface area (Å²) < 4.78 is 45.6. The molecule has 1 N–H and O–H groups in total. The second-order valence-corrected chi connectivity index (χ2v) is 8.92. The number of carbonyl (C=O) groups is 1. The summed E-state index contributed by atoms with van der Waals surface area (Å²) in [6, 6.07) is 10.9. The van der Waals surface area contributed by atoms with Gasteiger partial charge < -0.3 is 9.84 Å². The van der Waals surface area contributed by atoms with Crippen LogP contribution in [0.2, 0.25) is 0 Å². The van der Waals surface area contributed by atoms with Gasteiger partial charge in [-0.1, -0.05) is 50.3 Å². The van der Waals surface area contributed by atoms with Crippen LogP contribution in [0.15, 0.2) is 48.5 Å². The van der Waals surface area contributed by atoms with Crippen molar-refractivity contribution in [3.05, 3.63) is 75.8 Å². The van der Waals surface area contributed by atoms with E-state index in [0.717, 1.165) is 27.8 Å². The molecule has 0 spiro atoms. The monoisotopic (exact) mass is 475 g/mol. The SMILES string of the molecule is Cc1cc(C=CCc2sc(-c3ccccc3C(F)(F)F)nc2C(C)C)ccc1OCC(=O)O. The van der Waals surface area contributed by atoms with E-state index < -0.39 is 24.3 Å². The molecule has 2 aromatic carbocycles. The molecule has 1 heterocycles. The number of aliphatic carboxylic acids is 1. The van der Waals surface area contributed by atoms with E-state index in [1.54, 1.807) is 12.1 Å². The van der Waals surface area contributed by atoms with Crippen molar-refractivity contribution in [2.45, 2.75) is 39.3 Å². The van der Waals surface area contributed by atoms with E-state index in [2.05, 4.69) is 4.98 Å². The largest absolute Gasteiger partial charge is 0.482 e. The second kappa shape index (κ2) is 10.2. The fourth-order valence-corrected chi connectivity index (χ4v) is 4.60. The second-order valence-electron chi connectivity index (χ2n) is 7.84. The van der Waals surface area contributed by atoms with Gasteiger partial charge in [0, 0.05) is 16.9 Å².